The van der Waals surface area contributed by atoms with Crippen LogP contribution in [-0.4, -0.2) is 23.0 Å². The molecule has 1 fully saturated rings. The van der Waals surface area contributed by atoms with Crippen molar-refractivity contribution in [3.05, 3.63) is 59.9 Å². The minimum atomic E-state index is 0.819. The molecule has 3 rings (SSSR count). The molecule has 104 valence electrons. The Bertz CT molecular complexity index is 516. The van der Waals surface area contributed by atoms with Gasteiger partial charge in [-0.05, 0) is 55.3 Å². The lowest BCUT2D eigenvalue weighted by Gasteiger charge is -2.15. The molecule has 1 aromatic carbocycles. The van der Waals surface area contributed by atoms with E-state index in [0.29, 0.717) is 0 Å². The topological polar surface area (TPSA) is 28.2 Å². The molecule has 0 bridgehead atoms. The molecule has 0 saturated carbocycles. The molecule has 1 aliphatic heterocycles. The molecule has 2 aromatic rings. The molecule has 0 radical (unpaired) electrons. The number of aromatic nitrogens is 1. The largest absolute Gasteiger partial charge is 0.381 e. The SMILES string of the molecule is c1cncc(CNc2ccc(CN3CCCC3)cc2)c1. The monoisotopic (exact) mass is 267 g/mol. The molecule has 1 aromatic heterocycles. The average molecular weight is 267 g/mol. The fourth-order valence-corrected chi connectivity index (χ4v) is 2.63. The third-order valence-electron chi connectivity index (χ3n) is 3.78. The van der Waals surface area contributed by atoms with Crippen molar-refractivity contribution in [1.82, 2.24) is 9.88 Å². The van der Waals surface area contributed by atoms with E-state index in [1.54, 1.807) is 6.20 Å². The zero-order valence-corrected chi connectivity index (χ0v) is 11.8. The first kappa shape index (κ1) is 13.1. The maximum atomic E-state index is 4.12. The summed E-state index contributed by atoms with van der Waals surface area (Å²) in [5.74, 6) is 0. The third-order valence-corrected chi connectivity index (χ3v) is 3.78. The Morgan fingerprint density at radius 2 is 1.80 bits per heavy atom. The second-order valence-corrected chi connectivity index (χ2v) is 5.40. The van der Waals surface area contributed by atoms with Gasteiger partial charge in [-0.1, -0.05) is 18.2 Å². The Morgan fingerprint density at radius 3 is 2.50 bits per heavy atom. The molecular weight excluding hydrogens is 246 g/mol. The quantitative estimate of drug-likeness (QED) is 0.901. The van der Waals surface area contributed by atoms with Crippen LogP contribution in [0.4, 0.5) is 5.69 Å². The van der Waals surface area contributed by atoms with E-state index in [1.807, 2.05) is 12.3 Å². The summed E-state index contributed by atoms with van der Waals surface area (Å²) in [5, 5.41) is 3.43. The van der Waals surface area contributed by atoms with E-state index in [0.717, 1.165) is 13.1 Å². The number of nitrogens with one attached hydrogen (secondary N) is 1. The van der Waals surface area contributed by atoms with Gasteiger partial charge in [0.1, 0.15) is 0 Å². The van der Waals surface area contributed by atoms with E-state index >= 15 is 0 Å². The van der Waals surface area contributed by atoms with Gasteiger partial charge in [0.15, 0.2) is 0 Å². The van der Waals surface area contributed by atoms with Crippen molar-refractivity contribution in [3.8, 4) is 0 Å². The Hall–Kier alpha value is -1.87. The van der Waals surface area contributed by atoms with Crippen molar-refractivity contribution in [2.75, 3.05) is 18.4 Å². The van der Waals surface area contributed by atoms with E-state index in [-0.39, 0.29) is 0 Å². The molecule has 20 heavy (non-hydrogen) atoms. The first-order chi connectivity index (χ1) is 9.90. The van der Waals surface area contributed by atoms with Gasteiger partial charge in [0, 0.05) is 31.2 Å². The van der Waals surface area contributed by atoms with Crippen molar-refractivity contribution in [3.63, 3.8) is 0 Å². The highest BCUT2D eigenvalue weighted by molar-refractivity contribution is 5.45. The molecule has 0 spiro atoms. The number of likely N-dealkylation sites (tertiary alicyclic amines) is 1. The molecule has 0 atom stereocenters. The highest BCUT2D eigenvalue weighted by atomic mass is 15.1. The molecule has 0 aliphatic carbocycles. The molecular formula is C17H21N3. The first-order valence-corrected chi connectivity index (χ1v) is 7.34. The van der Waals surface area contributed by atoms with Crippen LogP contribution in [0.3, 0.4) is 0 Å². The number of hydrogen-bond donors (Lipinski definition) is 1. The van der Waals surface area contributed by atoms with Crippen LogP contribution in [0.25, 0.3) is 0 Å². The first-order valence-electron chi connectivity index (χ1n) is 7.34. The lowest BCUT2D eigenvalue weighted by atomic mass is 10.2. The zero-order valence-electron chi connectivity index (χ0n) is 11.8. The van der Waals surface area contributed by atoms with Gasteiger partial charge in [0.05, 0.1) is 0 Å². The number of hydrogen-bond acceptors (Lipinski definition) is 3. The molecule has 0 unspecified atom stereocenters. The molecule has 2 heterocycles. The molecule has 1 aliphatic rings. The van der Waals surface area contributed by atoms with Gasteiger partial charge in [0.25, 0.3) is 0 Å². The number of pyridine rings is 1. The Kier molecular flexibility index (Phi) is 4.28. The molecule has 3 heteroatoms. The molecule has 3 nitrogen and oxygen atoms in total. The van der Waals surface area contributed by atoms with E-state index in [4.69, 9.17) is 0 Å². The van der Waals surface area contributed by atoms with Gasteiger partial charge < -0.3 is 5.32 Å². The summed E-state index contributed by atoms with van der Waals surface area (Å²) >= 11 is 0. The van der Waals surface area contributed by atoms with Crippen molar-refractivity contribution < 1.29 is 0 Å². The summed E-state index contributed by atoms with van der Waals surface area (Å²) in [6, 6.07) is 12.8. The van der Waals surface area contributed by atoms with E-state index in [2.05, 4.69) is 45.5 Å². The summed E-state index contributed by atoms with van der Waals surface area (Å²) in [6.45, 7) is 4.41. The van der Waals surface area contributed by atoms with Gasteiger partial charge in [-0.2, -0.15) is 0 Å². The third kappa shape index (κ3) is 3.58. The lowest BCUT2D eigenvalue weighted by Crippen LogP contribution is -2.18. The van der Waals surface area contributed by atoms with E-state index in [9.17, 15) is 0 Å². The van der Waals surface area contributed by atoms with Crippen LogP contribution in [0.2, 0.25) is 0 Å². The maximum absolute atomic E-state index is 4.12. The highest BCUT2D eigenvalue weighted by Gasteiger charge is 2.11. The van der Waals surface area contributed by atoms with Crippen LogP contribution in [0.15, 0.2) is 48.8 Å². The lowest BCUT2D eigenvalue weighted by molar-refractivity contribution is 0.331. The average Bonchev–Trinajstić information content (AvgIpc) is 3.01. The van der Waals surface area contributed by atoms with Gasteiger partial charge in [-0.3, -0.25) is 9.88 Å². The van der Waals surface area contributed by atoms with Crippen molar-refractivity contribution >= 4 is 5.69 Å². The van der Waals surface area contributed by atoms with E-state index in [1.165, 1.54) is 42.7 Å². The highest BCUT2D eigenvalue weighted by Crippen LogP contribution is 2.15. The predicted molar refractivity (Wildman–Crippen MR) is 82.5 cm³/mol. The van der Waals surface area contributed by atoms with Crippen LogP contribution in [-0.2, 0) is 13.1 Å². The van der Waals surface area contributed by atoms with Crippen molar-refractivity contribution in [2.24, 2.45) is 0 Å². The van der Waals surface area contributed by atoms with Crippen molar-refractivity contribution in [2.45, 2.75) is 25.9 Å². The fraction of sp³-hybridized carbons (Fsp3) is 0.353. The second-order valence-electron chi connectivity index (χ2n) is 5.40. The number of nitrogens with zero attached hydrogens (tertiary/aromatic N) is 2. The second kappa shape index (κ2) is 6.53. The standard InChI is InChI=1S/C17H21N3/c1-2-11-20(10-1)14-15-5-7-17(8-6-15)19-13-16-4-3-9-18-12-16/h3-9,12,19H,1-2,10-11,13-14H2. The Balaban J connectivity index is 1.53. The van der Waals surface area contributed by atoms with Crippen LogP contribution >= 0.6 is 0 Å². The number of benzene rings is 1. The number of rotatable bonds is 5. The maximum Gasteiger partial charge on any atom is 0.0416 e. The van der Waals surface area contributed by atoms with Crippen LogP contribution in [0.1, 0.15) is 24.0 Å². The van der Waals surface area contributed by atoms with Gasteiger partial charge >= 0.3 is 0 Å². The summed E-state index contributed by atoms with van der Waals surface area (Å²) in [5.41, 5.74) is 3.77. The van der Waals surface area contributed by atoms with Gasteiger partial charge in [-0.25, -0.2) is 0 Å². The smallest absolute Gasteiger partial charge is 0.0416 e. The number of anilines is 1. The molecule has 1 saturated heterocycles. The summed E-state index contributed by atoms with van der Waals surface area (Å²) in [7, 11) is 0. The van der Waals surface area contributed by atoms with Crippen LogP contribution in [0, 0.1) is 0 Å². The molecule has 0 amide bonds. The normalized spacial score (nSPS) is 15.4. The van der Waals surface area contributed by atoms with Crippen LogP contribution in [0.5, 0.6) is 0 Å². The zero-order chi connectivity index (χ0) is 13.6. The van der Waals surface area contributed by atoms with Gasteiger partial charge in [-0.15, -0.1) is 0 Å². The van der Waals surface area contributed by atoms with E-state index < -0.39 is 0 Å². The summed E-state index contributed by atoms with van der Waals surface area (Å²) in [6.07, 6.45) is 6.40. The fourth-order valence-electron chi connectivity index (χ4n) is 2.63. The summed E-state index contributed by atoms with van der Waals surface area (Å²) in [4.78, 5) is 6.65. The summed E-state index contributed by atoms with van der Waals surface area (Å²) < 4.78 is 0. The molecule has 1 N–H and O–H groups in total. The Morgan fingerprint density at radius 1 is 1.00 bits per heavy atom. The Labute approximate surface area is 120 Å². The van der Waals surface area contributed by atoms with Gasteiger partial charge in [0.2, 0.25) is 0 Å². The minimum absolute atomic E-state index is 0.819. The predicted octanol–water partition coefficient (Wildman–Crippen LogP) is 3.29. The minimum Gasteiger partial charge on any atom is -0.381 e. The van der Waals surface area contributed by atoms with Crippen molar-refractivity contribution in [1.29, 1.82) is 0 Å². The van der Waals surface area contributed by atoms with Crippen LogP contribution < -0.4 is 5.32 Å².